The Hall–Kier alpha value is -2.64. The van der Waals surface area contributed by atoms with E-state index in [1.807, 2.05) is 12.1 Å². The zero-order valence-corrected chi connectivity index (χ0v) is 16.3. The third-order valence-corrected chi connectivity index (χ3v) is 5.42. The third-order valence-electron chi connectivity index (χ3n) is 4.86. The second-order valence-corrected chi connectivity index (χ2v) is 7.47. The van der Waals surface area contributed by atoms with Gasteiger partial charge in [-0.2, -0.15) is 0 Å². The fourth-order valence-corrected chi connectivity index (χ4v) is 3.68. The first-order valence-electron chi connectivity index (χ1n) is 8.88. The van der Waals surface area contributed by atoms with Crippen molar-refractivity contribution in [3.05, 3.63) is 62.9 Å². The average molecular weight is 418 g/mol. The van der Waals surface area contributed by atoms with Gasteiger partial charge in [-0.15, -0.1) is 5.10 Å². The quantitative estimate of drug-likeness (QED) is 0.683. The highest BCUT2D eigenvalue weighted by molar-refractivity contribution is 6.35. The predicted octanol–water partition coefficient (Wildman–Crippen LogP) is 3.97. The van der Waals surface area contributed by atoms with E-state index in [1.165, 1.54) is 4.68 Å². The van der Waals surface area contributed by atoms with Gasteiger partial charge < -0.3 is 10.2 Å². The summed E-state index contributed by atoms with van der Waals surface area (Å²) in [6.45, 7) is 0.991. The molecule has 0 saturated carbocycles. The fourth-order valence-electron chi connectivity index (χ4n) is 3.34. The summed E-state index contributed by atoms with van der Waals surface area (Å²) < 4.78 is 1.44. The number of fused-ring (bicyclic) bond motifs is 1. The number of carbonyl (C=O) groups is 1. The molecule has 9 heteroatoms. The monoisotopic (exact) mass is 417 g/mol. The molecule has 3 aromatic rings. The van der Waals surface area contributed by atoms with Gasteiger partial charge in [0.05, 0.1) is 22.1 Å². The molecule has 2 aromatic carbocycles. The van der Waals surface area contributed by atoms with Crippen LogP contribution in [0.2, 0.25) is 10.0 Å². The minimum atomic E-state index is -0.250. The number of nitrogens with zero attached hydrogens (tertiary/aromatic N) is 4. The summed E-state index contributed by atoms with van der Waals surface area (Å²) in [6.07, 6.45) is 1.23. The van der Waals surface area contributed by atoms with Gasteiger partial charge in [-0.1, -0.05) is 40.5 Å². The van der Waals surface area contributed by atoms with Crippen molar-refractivity contribution in [2.75, 3.05) is 18.4 Å². The minimum absolute atomic E-state index is 0.0941. The van der Waals surface area contributed by atoms with Gasteiger partial charge in [0.1, 0.15) is 5.52 Å². The second kappa shape index (κ2) is 7.77. The van der Waals surface area contributed by atoms with Crippen molar-refractivity contribution in [1.29, 1.82) is 0 Å². The fraction of sp³-hybridized carbons (Fsp3) is 0.263. The maximum Gasteiger partial charge on any atom is 0.321 e. The molecule has 4 rings (SSSR count). The number of amides is 2. The van der Waals surface area contributed by atoms with E-state index in [4.69, 9.17) is 23.2 Å². The van der Waals surface area contributed by atoms with E-state index >= 15 is 0 Å². The number of rotatable bonds is 2. The Balaban J connectivity index is 1.45. The number of aromatic nitrogens is 3. The van der Waals surface area contributed by atoms with E-state index in [0.29, 0.717) is 52.6 Å². The molecule has 144 valence electrons. The van der Waals surface area contributed by atoms with E-state index in [2.05, 4.69) is 15.6 Å². The van der Waals surface area contributed by atoms with Crippen molar-refractivity contribution in [3.8, 4) is 0 Å². The van der Waals surface area contributed by atoms with Gasteiger partial charge in [0.15, 0.2) is 0 Å². The van der Waals surface area contributed by atoms with Crippen LogP contribution in [0.3, 0.4) is 0 Å². The van der Waals surface area contributed by atoms with Gasteiger partial charge in [-0.25, -0.2) is 9.48 Å². The molecule has 2 heterocycles. The van der Waals surface area contributed by atoms with E-state index < -0.39 is 0 Å². The number of hydrogen-bond donors (Lipinski definition) is 1. The third kappa shape index (κ3) is 3.68. The van der Waals surface area contributed by atoms with Crippen molar-refractivity contribution in [1.82, 2.24) is 19.9 Å². The van der Waals surface area contributed by atoms with Gasteiger partial charge in [0.2, 0.25) is 0 Å². The molecule has 0 atom stereocenters. The summed E-state index contributed by atoms with van der Waals surface area (Å²) in [6, 6.07) is 11.7. The highest BCUT2D eigenvalue weighted by Gasteiger charge is 2.26. The lowest BCUT2D eigenvalue weighted by atomic mass is 10.1. The zero-order valence-electron chi connectivity index (χ0n) is 14.8. The molecule has 1 aromatic heterocycles. The Labute approximate surface area is 170 Å². The summed E-state index contributed by atoms with van der Waals surface area (Å²) in [5.74, 6) is 0. The number of anilines is 1. The maximum atomic E-state index is 12.7. The number of nitrogens with one attached hydrogen (secondary N) is 1. The van der Waals surface area contributed by atoms with Crippen LogP contribution >= 0.6 is 23.2 Å². The number of carbonyl (C=O) groups excluding carboxylic acids is 1. The molecule has 1 fully saturated rings. The molecule has 1 aliphatic rings. The van der Waals surface area contributed by atoms with Crippen molar-refractivity contribution >= 4 is 45.8 Å². The number of likely N-dealkylation sites (tertiary alicyclic amines) is 1. The molecule has 2 amide bonds. The molecule has 1 N–H and O–H groups in total. The molecule has 1 saturated heterocycles. The molecule has 28 heavy (non-hydrogen) atoms. The first-order valence-corrected chi connectivity index (χ1v) is 9.64. The van der Waals surface area contributed by atoms with Crippen LogP contribution in [0, 0.1) is 0 Å². The van der Waals surface area contributed by atoms with Crippen LogP contribution in [0.1, 0.15) is 18.9 Å². The standard InChI is InChI=1S/C19H17Cl2N5O2/c20-12-5-6-15(21)17(11-12)22-19(28)25-9-7-13(8-10-25)26-18(27)14-3-1-2-4-16(14)23-24-26/h1-6,11,13H,7-10H2,(H,22,28). The van der Waals surface area contributed by atoms with E-state index in [9.17, 15) is 9.59 Å². The number of hydrogen-bond acceptors (Lipinski definition) is 4. The number of benzene rings is 2. The molecule has 0 unspecified atom stereocenters. The predicted molar refractivity (Wildman–Crippen MR) is 109 cm³/mol. The maximum absolute atomic E-state index is 12.7. The lowest BCUT2D eigenvalue weighted by Gasteiger charge is -2.32. The first kappa shape index (κ1) is 18.7. The summed E-state index contributed by atoms with van der Waals surface area (Å²) in [7, 11) is 0. The SMILES string of the molecule is O=C(Nc1cc(Cl)ccc1Cl)N1CCC(n2nnc3ccccc3c2=O)CC1. The molecule has 0 radical (unpaired) electrons. The zero-order chi connectivity index (χ0) is 19.7. The second-order valence-electron chi connectivity index (χ2n) is 6.63. The van der Waals surface area contributed by atoms with Crippen LogP contribution in [0.15, 0.2) is 47.3 Å². The first-order chi connectivity index (χ1) is 13.5. The Morgan fingerprint density at radius 1 is 1.11 bits per heavy atom. The van der Waals surface area contributed by atoms with Crippen molar-refractivity contribution in [2.45, 2.75) is 18.9 Å². The lowest BCUT2D eigenvalue weighted by Crippen LogP contribution is -2.43. The van der Waals surface area contributed by atoms with Gasteiger partial charge in [0.25, 0.3) is 5.56 Å². The highest BCUT2D eigenvalue weighted by atomic mass is 35.5. The van der Waals surface area contributed by atoms with Crippen molar-refractivity contribution < 1.29 is 4.79 Å². The summed E-state index contributed by atoms with van der Waals surface area (Å²) in [5, 5.41) is 12.5. The van der Waals surface area contributed by atoms with Crippen molar-refractivity contribution in [3.63, 3.8) is 0 Å². The van der Waals surface area contributed by atoms with Gasteiger partial charge >= 0.3 is 6.03 Å². The average Bonchev–Trinajstić information content (AvgIpc) is 2.71. The summed E-state index contributed by atoms with van der Waals surface area (Å²) >= 11 is 12.1. The topological polar surface area (TPSA) is 80.1 Å². The van der Waals surface area contributed by atoms with Crippen LogP contribution in [0.5, 0.6) is 0 Å². The molecule has 0 spiro atoms. The molecular formula is C19H17Cl2N5O2. The number of urea groups is 1. The highest BCUT2D eigenvalue weighted by Crippen LogP contribution is 2.27. The Morgan fingerprint density at radius 2 is 1.86 bits per heavy atom. The minimum Gasteiger partial charge on any atom is -0.324 e. The van der Waals surface area contributed by atoms with E-state index in [1.54, 1.807) is 35.2 Å². The van der Waals surface area contributed by atoms with Crippen LogP contribution in [0.25, 0.3) is 10.9 Å². The van der Waals surface area contributed by atoms with Crippen LogP contribution in [0.4, 0.5) is 10.5 Å². The van der Waals surface area contributed by atoms with E-state index in [-0.39, 0.29) is 17.6 Å². The smallest absolute Gasteiger partial charge is 0.321 e. The summed E-state index contributed by atoms with van der Waals surface area (Å²) in [4.78, 5) is 26.9. The normalized spacial score (nSPS) is 15.0. The molecule has 0 aliphatic carbocycles. The summed E-state index contributed by atoms with van der Waals surface area (Å²) in [5.41, 5.74) is 0.899. The van der Waals surface area contributed by atoms with E-state index in [0.717, 1.165) is 0 Å². The number of piperidine rings is 1. The van der Waals surface area contributed by atoms with Crippen LogP contribution in [-0.2, 0) is 0 Å². The molecule has 0 bridgehead atoms. The van der Waals surface area contributed by atoms with Gasteiger partial charge in [-0.3, -0.25) is 4.79 Å². The molecule has 1 aliphatic heterocycles. The van der Waals surface area contributed by atoms with Gasteiger partial charge in [-0.05, 0) is 43.2 Å². The Bertz CT molecular complexity index is 1090. The lowest BCUT2D eigenvalue weighted by molar-refractivity contribution is 0.178. The largest absolute Gasteiger partial charge is 0.324 e. The molecule has 7 nitrogen and oxygen atoms in total. The number of halogens is 2. The Kier molecular flexibility index (Phi) is 5.19. The van der Waals surface area contributed by atoms with Gasteiger partial charge in [0, 0.05) is 18.1 Å². The Morgan fingerprint density at radius 3 is 2.64 bits per heavy atom. The molecular weight excluding hydrogens is 401 g/mol. The van der Waals surface area contributed by atoms with Crippen molar-refractivity contribution in [2.24, 2.45) is 0 Å². The van der Waals surface area contributed by atoms with Crippen LogP contribution < -0.4 is 10.9 Å². The van der Waals surface area contributed by atoms with Crippen LogP contribution in [-0.4, -0.2) is 39.0 Å².